The van der Waals surface area contributed by atoms with E-state index in [0.29, 0.717) is 11.4 Å². The number of halogens is 2. The third-order valence-corrected chi connectivity index (χ3v) is 4.52. The average Bonchev–Trinajstić information content (AvgIpc) is 2.81. The molecule has 0 saturated heterocycles. The maximum absolute atomic E-state index is 13.1. The first-order valence-electron chi connectivity index (χ1n) is 6.21. The second-order valence-electron chi connectivity index (χ2n) is 4.34. The zero-order valence-electron chi connectivity index (χ0n) is 10.6. The minimum absolute atomic E-state index is 0.0943. The Morgan fingerprint density at radius 2 is 2.26 bits per heavy atom. The molecule has 2 rings (SSSR count). The number of alkyl halides is 1. The fraction of sp³-hybridized carbons (Fsp3) is 0.357. The Hall–Kier alpha value is -1.13. The number of thiophene rings is 1. The summed E-state index contributed by atoms with van der Waals surface area (Å²) in [7, 11) is 0. The summed E-state index contributed by atoms with van der Waals surface area (Å²) < 4.78 is 13.9. The lowest BCUT2D eigenvalue weighted by molar-refractivity contribution is 0.0957. The number of benzene rings is 1. The Labute approximate surface area is 120 Å². The zero-order chi connectivity index (χ0) is 13.8. The van der Waals surface area contributed by atoms with E-state index in [-0.39, 0.29) is 17.1 Å². The molecule has 1 aromatic carbocycles. The Kier molecular flexibility index (Phi) is 4.77. The molecule has 0 radical (unpaired) electrons. The number of hydrogen-bond acceptors (Lipinski definition) is 2. The number of hydrogen-bond donors (Lipinski definition) is 1. The Morgan fingerprint density at radius 3 is 3.00 bits per heavy atom. The van der Waals surface area contributed by atoms with Crippen molar-refractivity contribution in [1.82, 2.24) is 5.32 Å². The molecule has 1 heterocycles. The molecule has 102 valence electrons. The number of nitrogens with one attached hydrogen (secondary N) is 1. The molecule has 1 atom stereocenters. The van der Waals surface area contributed by atoms with Crippen LogP contribution in [0.15, 0.2) is 24.3 Å². The van der Waals surface area contributed by atoms with Gasteiger partial charge in [0.1, 0.15) is 5.82 Å². The van der Waals surface area contributed by atoms with Crippen molar-refractivity contribution < 1.29 is 9.18 Å². The first-order valence-corrected chi connectivity index (χ1v) is 7.47. The Morgan fingerprint density at radius 1 is 1.47 bits per heavy atom. The lowest BCUT2D eigenvalue weighted by atomic mass is 10.2. The minimum atomic E-state index is -0.283. The van der Waals surface area contributed by atoms with Crippen molar-refractivity contribution >= 4 is 38.9 Å². The van der Waals surface area contributed by atoms with Crippen LogP contribution in [-0.4, -0.2) is 17.8 Å². The molecule has 5 heteroatoms. The van der Waals surface area contributed by atoms with Crippen molar-refractivity contribution in [2.75, 3.05) is 6.54 Å². The maximum Gasteiger partial charge on any atom is 0.261 e. The molecule has 0 bridgehead atoms. The van der Waals surface area contributed by atoms with Crippen molar-refractivity contribution in [3.63, 3.8) is 0 Å². The van der Waals surface area contributed by atoms with Crippen LogP contribution >= 0.6 is 22.9 Å². The first-order chi connectivity index (χ1) is 9.10. The van der Waals surface area contributed by atoms with Crippen molar-refractivity contribution in [2.45, 2.75) is 25.1 Å². The molecule has 19 heavy (non-hydrogen) atoms. The molecule has 0 fully saturated rings. The highest BCUT2D eigenvalue weighted by Crippen LogP contribution is 2.26. The summed E-state index contributed by atoms with van der Waals surface area (Å²) >= 11 is 7.29. The van der Waals surface area contributed by atoms with Gasteiger partial charge < -0.3 is 5.32 Å². The quantitative estimate of drug-likeness (QED) is 0.825. The molecular formula is C14H15ClFNOS. The van der Waals surface area contributed by atoms with E-state index in [9.17, 15) is 9.18 Å². The van der Waals surface area contributed by atoms with E-state index in [0.717, 1.165) is 22.9 Å². The second-order valence-corrected chi connectivity index (χ2v) is 6.04. The highest BCUT2D eigenvalue weighted by molar-refractivity contribution is 7.20. The van der Waals surface area contributed by atoms with Crippen LogP contribution in [0.25, 0.3) is 10.1 Å². The standard InChI is InChI=1S/C14H15ClFNOS/c1-2-10(15)5-6-17-14(18)13-7-9-3-4-11(16)8-12(9)19-13/h3-4,7-8,10H,2,5-6H2,1H3,(H,17,18). The molecule has 0 aliphatic heterocycles. The Bertz CT molecular complexity index is 584. The molecule has 1 N–H and O–H groups in total. The second kappa shape index (κ2) is 6.35. The SMILES string of the molecule is CCC(Cl)CCNC(=O)c1cc2ccc(F)cc2s1. The van der Waals surface area contributed by atoms with Crippen molar-refractivity contribution in [3.05, 3.63) is 35.0 Å². The molecule has 1 aromatic heterocycles. The smallest absolute Gasteiger partial charge is 0.261 e. The third kappa shape index (κ3) is 3.67. The highest BCUT2D eigenvalue weighted by atomic mass is 35.5. The van der Waals surface area contributed by atoms with Gasteiger partial charge in [-0.05, 0) is 36.4 Å². The summed E-state index contributed by atoms with van der Waals surface area (Å²) in [5.41, 5.74) is 0. The van der Waals surface area contributed by atoms with E-state index in [1.54, 1.807) is 12.1 Å². The van der Waals surface area contributed by atoms with Gasteiger partial charge in [-0.25, -0.2) is 4.39 Å². The summed E-state index contributed by atoms with van der Waals surface area (Å²) in [6.07, 6.45) is 1.64. The summed E-state index contributed by atoms with van der Waals surface area (Å²) in [5, 5.41) is 3.82. The zero-order valence-corrected chi connectivity index (χ0v) is 12.2. The normalized spacial score (nSPS) is 12.6. The molecular weight excluding hydrogens is 285 g/mol. The van der Waals surface area contributed by atoms with E-state index in [1.165, 1.54) is 23.5 Å². The van der Waals surface area contributed by atoms with Crippen LogP contribution in [0, 0.1) is 5.82 Å². The Balaban J connectivity index is 2.01. The highest BCUT2D eigenvalue weighted by Gasteiger charge is 2.11. The summed E-state index contributed by atoms with van der Waals surface area (Å²) in [5.74, 6) is -0.407. The maximum atomic E-state index is 13.1. The largest absolute Gasteiger partial charge is 0.351 e. The van der Waals surface area contributed by atoms with Gasteiger partial charge in [0.2, 0.25) is 0 Å². The number of rotatable bonds is 5. The van der Waals surface area contributed by atoms with Gasteiger partial charge in [0.25, 0.3) is 5.91 Å². The van der Waals surface area contributed by atoms with Gasteiger partial charge in [-0.3, -0.25) is 4.79 Å². The third-order valence-electron chi connectivity index (χ3n) is 2.89. The number of amides is 1. The molecule has 2 aromatic rings. The summed E-state index contributed by atoms with van der Waals surface area (Å²) in [6.45, 7) is 2.57. The summed E-state index contributed by atoms with van der Waals surface area (Å²) in [6, 6.07) is 6.31. The van der Waals surface area contributed by atoms with E-state index >= 15 is 0 Å². The fourth-order valence-electron chi connectivity index (χ4n) is 1.75. The van der Waals surface area contributed by atoms with Gasteiger partial charge in [-0.1, -0.05) is 13.0 Å². The molecule has 0 saturated carbocycles. The van der Waals surface area contributed by atoms with Crippen LogP contribution in [-0.2, 0) is 0 Å². The first kappa shape index (κ1) is 14.3. The van der Waals surface area contributed by atoms with Crippen LogP contribution in [0.1, 0.15) is 29.4 Å². The molecule has 0 aliphatic rings. The lowest BCUT2D eigenvalue weighted by Crippen LogP contribution is -2.25. The van der Waals surface area contributed by atoms with Gasteiger partial charge in [-0.2, -0.15) is 0 Å². The number of carbonyl (C=O) groups is 1. The topological polar surface area (TPSA) is 29.1 Å². The fourth-order valence-corrected chi connectivity index (χ4v) is 2.86. The minimum Gasteiger partial charge on any atom is -0.351 e. The van der Waals surface area contributed by atoms with Crippen LogP contribution in [0.4, 0.5) is 4.39 Å². The van der Waals surface area contributed by atoms with Crippen molar-refractivity contribution in [1.29, 1.82) is 0 Å². The van der Waals surface area contributed by atoms with E-state index in [2.05, 4.69) is 5.32 Å². The molecule has 1 unspecified atom stereocenters. The van der Waals surface area contributed by atoms with Gasteiger partial charge >= 0.3 is 0 Å². The lowest BCUT2D eigenvalue weighted by Gasteiger charge is -2.06. The van der Waals surface area contributed by atoms with Gasteiger partial charge in [0, 0.05) is 16.6 Å². The van der Waals surface area contributed by atoms with Crippen LogP contribution in [0.3, 0.4) is 0 Å². The molecule has 0 aliphatic carbocycles. The van der Waals surface area contributed by atoms with E-state index < -0.39 is 0 Å². The van der Waals surface area contributed by atoms with Crippen molar-refractivity contribution in [2.24, 2.45) is 0 Å². The summed E-state index contributed by atoms with van der Waals surface area (Å²) in [4.78, 5) is 12.5. The predicted molar refractivity (Wildman–Crippen MR) is 78.7 cm³/mol. The van der Waals surface area contributed by atoms with Gasteiger partial charge in [0.15, 0.2) is 0 Å². The van der Waals surface area contributed by atoms with Crippen LogP contribution in [0.5, 0.6) is 0 Å². The van der Waals surface area contributed by atoms with E-state index in [4.69, 9.17) is 11.6 Å². The van der Waals surface area contributed by atoms with Crippen LogP contribution < -0.4 is 5.32 Å². The van der Waals surface area contributed by atoms with Crippen LogP contribution in [0.2, 0.25) is 0 Å². The predicted octanol–water partition coefficient (Wildman–Crippen LogP) is 4.18. The molecule has 1 amide bonds. The number of fused-ring (bicyclic) bond motifs is 1. The number of carbonyl (C=O) groups excluding carboxylic acids is 1. The van der Waals surface area contributed by atoms with Gasteiger partial charge in [-0.15, -0.1) is 22.9 Å². The molecule has 2 nitrogen and oxygen atoms in total. The monoisotopic (exact) mass is 299 g/mol. The average molecular weight is 300 g/mol. The van der Waals surface area contributed by atoms with E-state index in [1.807, 2.05) is 6.92 Å². The molecule has 0 spiro atoms. The van der Waals surface area contributed by atoms with Gasteiger partial charge in [0.05, 0.1) is 4.88 Å². The van der Waals surface area contributed by atoms with Crippen molar-refractivity contribution in [3.8, 4) is 0 Å².